The summed E-state index contributed by atoms with van der Waals surface area (Å²) in [6.45, 7) is 7.39. The fraction of sp³-hybridized carbons (Fsp3) is 0.378. The third-order valence-electron chi connectivity index (χ3n) is 8.39. The van der Waals surface area contributed by atoms with Gasteiger partial charge in [0.15, 0.2) is 0 Å². The summed E-state index contributed by atoms with van der Waals surface area (Å²) in [6.07, 6.45) is 0.233. The first-order chi connectivity index (χ1) is 23.3. The molecule has 4 rings (SSSR count). The van der Waals surface area contributed by atoms with Crippen molar-refractivity contribution < 1.29 is 41.0 Å². The summed E-state index contributed by atoms with van der Waals surface area (Å²) >= 11 is 0. The second-order valence-corrected chi connectivity index (χ2v) is 12.9. The van der Waals surface area contributed by atoms with Crippen LogP contribution < -0.4 is 10.9 Å². The van der Waals surface area contributed by atoms with Crippen molar-refractivity contribution in [1.29, 1.82) is 0 Å². The quantitative estimate of drug-likeness (QED) is 0.200. The van der Waals surface area contributed by atoms with E-state index in [-0.39, 0.29) is 40.5 Å². The number of nitrogens with one attached hydrogen (secondary N) is 1. The molecule has 7 nitrogen and oxygen atoms in total. The molecule has 1 amide bonds. The largest absolute Gasteiger partial charge is 0.481 e. The van der Waals surface area contributed by atoms with Crippen molar-refractivity contribution in [3.63, 3.8) is 0 Å². The molecule has 0 aliphatic carbocycles. The number of carboxylic acid groups (broad SMARTS) is 1. The maximum atomic E-state index is 16.4. The number of benzene rings is 2. The van der Waals surface area contributed by atoms with Gasteiger partial charge in [0.2, 0.25) is 5.91 Å². The van der Waals surface area contributed by atoms with Crippen LogP contribution >= 0.6 is 0 Å². The van der Waals surface area contributed by atoms with Crippen molar-refractivity contribution in [2.24, 2.45) is 11.8 Å². The van der Waals surface area contributed by atoms with Gasteiger partial charge in [-0.25, -0.2) is 13.2 Å². The first-order valence-corrected chi connectivity index (χ1v) is 15.6. The van der Waals surface area contributed by atoms with Gasteiger partial charge in [-0.1, -0.05) is 31.6 Å². The van der Waals surface area contributed by atoms with Gasteiger partial charge < -0.3 is 19.9 Å². The number of terminal acetylenes is 1. The highest BCUT2D eigenvalue weighted by Gasteiger charge is 2.37. The average Bonchev–Trinajstić information content (AvgIpc) is 2.97. The van der Waals surface area contributed by atoms with Crippen LogP contribution in [0.4, 0.5) is 26.3 Å². The summed E-state index contributed by atoms with van der Waals surface area (Å²) in [7, 11) is 1.82. The molecule has 0 spiro atoms. The van der Waals surface area contributed by atoms with Crippen molar-refractivity contribution >= 4 is 11.9 Å². The van der Waals surface area contributed by atoms with Crippen molar-refractivity contribution in [2.45, 2.75) is 58.8 Å². The third kappa shape index (κ3) is 8.23. The monoisotopic (exact) mass is 699 g/mol. The van der Waals surface area contributed by atoms with E-state index in [2.05, 4.69) is 23.1 Å². The van der Waals surface area contributed by atoms with Gasteiger partial charge in [-0.15, -0.1) is 6.42 Å². The Morgan fingerprint density at radius 1 is 1.04 bits per heavy atom. The van der Waals surface area contributed by atoms with E-state index >= 15 is 8.78 Å². The Kier molecular flexibility index (Phi) is 11.2. The van der Waals surface area contributed by atoms with Gasteiger partial charge in [-0.2, -0.15) is 13.2 Å². The second kappa shape index (κ2) is 14.9. The van der Waals surface area contributed by atoms with E-state index in [1.54, 1.807) is 13.8 Å². The summed E-state index contributed by atoms with van der Waals surface area (Å²) in [5.74, 6) is 0.955. The van der Waals surface area contributed by atoms with E-state index in [0.717, 1.165) is 29.0 Å². The second-order valence-electron chi connectivity index (χ2n) is 12.9. The molecule has 0 saturated carbocycles. The predicted octanol–water partition coefficient (Wildman–Crippen LogP) is 6.38. The summed E-state index contributed by atoms with van der Waals surface area (Å²) in [5.41, 5.74) is -3.98. The van der Waals surface area contributed by atoms with Crippen molar-refractivity contribution in [3.05, 3.63) is 91.6 Å². The summed E-state index contributed by atoms with van der Waals surface area (Å²) in [4.78, 5) is 41.1. The van der Waals surface area contributed by atoms with Crippen LogP contribution in [-0.4, -0.2) is 46.6 Å². The number of pyridine rings is 1. The van der Waals surface area contributed by atoms with Crippen LogP contribution in [-0.2, 0) is 15.8 Å². The molecule has 2 aromatic carbocycles. The lowest BCUT2D eigenvalue weighted by atomic mass is 9.89. The zero-order valence-electron chi connectivity index (χ0n) is 27.9. The number of aromatic nitrogens is 1. The molecule has 50 heavy (non-hydrogen) atoms. The molecule has 264 valence electrons. The number of carbonyl (C=O) groups is 2. The number of aryl methyl sites for hydroxylation is 2. The zero-order valence-corrected chi connectivity index (χ0v) is 27.9. The van der Waals surface area contributed by atoms with Gasteiger partial charge in [-0.05, 0) is 68.1 Å². The van der Waals surface area contributed by atoms with Gasteiger partial charge in [0.05, 0.1) is 29.2 Å². The Morgan fingerprint density at radius 3 is 2.18 bits per heavy atom. The smallest absolute Gasteiger partial charge is 0.417 e. The highest BCUT2D eigenvalue weighted by molar-refractivity contribution is 5.82. The summed E-state index contributed by atoms with van der Waals surface area (Å²) < 4.78 is 89.2. The number of likely N-dealkylation sites (tertiary alicyclic amines) is 1. The molecule has 1 fully saturated rings. The van der Waals surface area contributed by atoms with Crippen LogP contribution in [0.15, 0.2) is 35.3 Å². The molecular weight excluding hydrogens is 664 g/mol. The molecule has 1 aromatic heterocycles. The van der Waals surface area contributed by atoms with Crippen LogP contribution in [0.3, 0.4) is 0 Å². The SMILES string of the molecule is C#Cc1cc(-c2c(C)cc(F)cc2C)c(F)c(C(CC(=O)O)NC(=O)C(CC(C)C)n2cc(C#CC3CN(C)C3)c(C(F)(F)F)cc2=O)c1F. The van der Waals surface area contributed by atoms with E-state index in [1.807, 2.05) is 11.9 Å². The number of amides is 1. The van der Waals surface area contributed by atoms with Crippen LogP contribution in [0.25, 0.3) is 11.1 Å². The molecule has 2 heterocycles. The number of aliphatic carboxylic acids is 1. The van der Waals surface area contributed by atoms with Crippen LogP contribution in [0.2, 0.25) is 0 Å². The average molecular weight is 700 g/mol. The van der Waals surface area contributed by atoms with Gasteiger partial charge in [0, 0.05) is 42.4 Å². The molecule has 2 N–H and O–H groups in total. The maximum Gasteiger partial charge on any atom is 0.417 e. The molecule has 1 aliphatic heterocycles. The number of carboxylic acids is 1. The van der Waals surface area contributed by atoms with E-state index < -0.39 is 81.8 Å². The van der Waals surface area contributed by atoms with Gasteiger partial charge in [0.1, 0.15) is 23.5 Å². The minimum Gasteiger partial charge on any atom is -0.481 e. The number of halogens is 6. The summed E-state index contributed by atoms with van der Waals surface area (Å²) in [6, 6.07) is 0.162. The highest BCUT2D eigenvalue weighted by Crippen LogP contribution is 2.37. The number of nitrogens with zero attached hydrogens (tertiary/aromatic N) is 2. The molecule has 0 radical (unpaired) electrons. The fourth-order valence-electron chi connectivity index (χ4n) is 6.14. The van der Waals surface area contributed by atoms with E-state index in [4.69, 9.17) is 6.42 Å². The Balaban J connectivity index is 1.86. The van der Waals surface area contributed by atoms with Crippen LogP contribution in [0.5, 0.6) is 0 Å². The van der Waals surface area contributed by atoms with E-state index in [0.29, 0.717) is 19.2 Å². The Bertz CT molecular complexity index is 1970. The fourth-order valence-corrected chi connectivity index (χ4v) is 6.14. The molecule has 1 aliphatic rings. The minimum atomic E-state index is -4.95. The zero-order chi connectivity index (χ0) is 37.2. The lowest BCUT2D eigenvalue weighted by Gasteiger charge is -2.32. The van der Waals surface area contributed by atoms with E-state index in [9.17, 15) is 37.1 Å². The molecular formula is C37H35F6N3O4. The summed E-state index contributed by atoms with van der Waals surface area (Å²) in [5, 5.41) is 12.1. The minimum absolute atomic E-state index is 0.133. The first-order valence-electron chi connectivity index (χ1n) is 15.6. The van der Waals surface area contributed by atoms with Gasteiger partial charge >= 0.3 is 12.1 Å². The van der Waals surface area contributed by atoms with E-state index in [1.165, 1.54) is 13.8 Å². The molecule has 0 bridgehead atoms. The standard InChI is InChI=1S/C37H35F6N3O4/c1-7-23-13-26(32-20(4)11-25(38)12-21(32)5)35(40)33(34(23)39)28(15-31(48)49)44-36(50)29(10-19(2)3)46-18-24(9-8-22-16-45(6)17-22)27(14-30(46)47)37(41,42)43/h1,11-14,18-19,22,28-29H,10,15-17H2,2-6H3,(H,44,50)(H,48,49). The maximum absolute atomic E-state index is 16.4. The number of carbonyl (C=O) groups excluding carboxylic acids is 1. The highest BCUT2D eigenvalue weighted by atomic mass is 19.4. The Labute approximate surface area is 285 Å². The van der Waals surface area contributed by atoms with Gasteiger partial charge in [0.25, 0.3) is 5.56 Å². The first kappa shape index (κ1) is 37.8. The lowest BCUT2D eigenvalue weighted by molar-refractivity contribution is -0.138. The van der Waals surface area contributed by atoms with Crippen LogP contribution in [0.1, 0.15) is 72.2 Å². The molecule has 3 aromatic rings. The molecule has 2 unspecified atom stereocenters. The van der Waals surface area contributed by atoms with Crippen LogP contribution in [0, 0.1) is 67.3 Å². The molecule has 2 atom stereocenters. The van der Waals surface area contributed by atoms with Crippen molar-refractivity contribution in [2.75, 3.05) is 20.1 Å². The Morgan fingerprint density at radius 2 is 1.66 bits per heavy atom. The number of alkyl halides is 3. The predicted molar refractivity (Wildman–Crippen MR) is 174 cm³/mol. The van der Waals surface area contributed by atoms with Crippen molar-refractivity contribution in [3.8, 4) is 35.3 Å². The van der Waals surface area contributed by atoms with Gasteiger partial charge in [-0.3, -0.25) is 14.4 Å². The Hall–Kier alpha value is -5.01. The number of hydrogen-bond acceptors (Lipinski definition) is 4. The van der Waals surface area contributed by atoms with Crippen molar-refractivity contribution in [1.82, 2.24) is 14.8 Å². The topological polar surface area (TPSA) is 91.6 Å². The normalized spacial score (nSPS) is 14.7. The number of rotatable bonds is 9. The molecule has 1 saturated heterocycles. The molecule has 13 heteroatoms. The lowest BCUT2D eigenvalue weighted by Crippen LogP contribution is -2.42. The number of hydrogen-bond donors (Lipinski definition) is 2. The third-order valence-corrected chi connectivity index (χ3v) is 8.39.